The molecule has 0 spiro atoms. The smallest absolute Gasteiger partial charge is 0.345 e. The standard InChI is InChI=1S/C6H5NO3S.C6H6O2S.B9/c1-4(8)6-2-5(3-11-6)7(9)10;1-4-2-5(6(7)8)9-3-4;1-6-9(7(2)3)8(4)5/h2-3H,1H3;2-3H,1H3,(H,7,8);. The van der Waals surface area contributed by atoms with Gasteiger partial charge in [-0.05, 0) is 30.9 Å². The predicted molar refractivity (Wildman–Crippen MR) is 129 cm³/mol. The molecule has 0 aliphatic carbocycles. The summed E-state index contributed by atoms with van der Waals surface area (Å²) in [4.78, 5) is 31.4. The van der Waals surface area contributed by atoms with E-state index in [1.807, 2.05) is 12.3 Å². The number of hydrogen-bond acceptors (Lipinski definition) is 6. The van der Waals surface area contributed by atoms with E-state index in [4.69, 9.17) is 43.8 Å². The zero-order valence-electron chi connectivity index (χ0n) is 15.8. The van der Waals surface area contributed by atoms with Crippen molar-refractivity contribution in [3.05, 3.63) is 48.3 Å². The second-order valence-corrected chi connectivity index (χ2v) is 7.52. The summed E-state index contributed by atoms with van der Waals surface area (Å²) in [5, 5.41) is 21.7. The lowest BCUT2D eigenvalue weighted by Gasteiger charge is -2.17. The lowest BCUT2D eigenvalue weighted by molar-refractivity contribution is -0.384. The molecule has 17 heteroatoms. The van der Waals surface area contributed by atoms with Crippen LogP contribution in [0.15, 0.2) is 22.9 Å². The minimum absolute atomic E-state index is 0.0137. The van der Waals surface area contributed by atoms with Gasteiger partial charge in [0.25, 0.3) is 5.69 Å². The van der Waals surface area contributed by atoms with E-state index in [0.29, 0.717) is 9.75 Å². The third-order valence-electron chi connectivity index (χ3n) is 3.20. The largest absolute Gasteiger partial charge is 0.477 e. The number of Topliss-reactive ketones (excluding diaryl/α,β-unsaturated/α-hetero) is 1. The van der Waals surface area contributed by atoms with E-state index in [1.54, 1.807) is 6.07 Å². The number of aryl methyl sites for hydroxylation is 1. The maximum Gasteiger partial charge on any atom is 0.345 e. The number of carbonyl (C=O) groups is 2. The van der Waals surface area contributed by atoms with E-state index in [9.17, 15) is 19.7 Å². The highest BCUT2D eigenvalue weighted by Gasteiger charge is 2.18. The van der Waals surface area contributed by atoms with Crippen molar-refractivity contribution in [2.24, 2.45) is 0 Å². The summed E-state index contributed by atoms with van der Waals surface area (Å²) in [5.41, 5.74) is 0.998. The molecule has 2 heterocycles. The molecule has 133 valence electrons. The minimum atomic E-state index is -0.840. The first kappa shape index (κ1) is 27.5. The zero-order chi connectivity index (χ0) is 22.7. The fraction of sp³-hybridized carbons (Fsp3) is 0.167. The summed E-state index contributed by atoms with van der Waals surface area (Å²) in [6.45, 7) is 3.26. The SMILES string of the molecule is CC(=O)c1cc([N+](=O)[O-])cs1.Cc1csc(C(=O)O)c1.[B][B]B(B([B])[B])B([B])[B]. The van der Waals surface area contributed by atoms with Crippen molar-refractivity contribution < 1.29 is 19.6 Å². The van der Waals surface area contributed by atoms with Crippen LogP contribution in [-0.4, -0.2) is 86.7 Å². The van der Waals surface area contributed by atoms with Crippen molar-refractivity contribution in [3.63, 3.8) is 0 Å². The Bertz CT molecular complexity index is 777. The molecule has 29 heavy (non-hydrogen) atoms. The molecular formula is C12H11B9NO5S2. The van der Waals surface area contributed by atoms with Gasteiger partial charge in [-0.3, -0.25) is 14.9 Å². The quantitative estimate of drug-likeness (QED) is 0.317. The monoisotopic (exact) mass is 412 g/mol. The highest BCUT2D eigenvalue weighted by molar-refractivity contribution is 7.93. The van der Waals surface area contributed by atoms with Gasteiger partial charge in [0.2, 0.25) is 0 Å². The van der Waals surface area contributed by atoms with Gasteiger partial charge in [0.15, 0.2) is 5.78 Å². The fourth-order valence-electron chi connectivity index (χ4n) is 1.66. The second kappa shape index (κ2) is 13.7. The van der Waals surface area contributed by atoms with Gasteiger partial charge in [0.05, 0.1) is 15.2 Å². The van der Waals surface area contributed by atoms with Gasteiger partial charge in [-0.2, -0.15) is 0 Å². The molecular weight excluding hydrogens is 400 g/mol. The Morgan fingerprint density at radius 3 is 1.79 bits per heavy atom. The molecule has 2 aromatic heterocycles. The fourth-order valence-corrected chi connectivity index (χ4v) is 3.16. The van der Waals surface area contributed by atoms with Crippen LogP contribution in [0.5, 0.6) is 0 Å². The molecule has 0 atom stereocenters. The number of thiophene rings is 2. The molecule has 1 N–H and O–H groups in total. The predicted octanol–water partition coefficient (Wildman–Crippen LogP) is 0.186. The maximum absolute atomic E-state index is 10.7. The van der Waals surface area contributed by atoms with Crippen LogP contribution in [0.25, 0.3) is 0 Å². The van der Waals surface area contributed by atoms with Gasteiger partial charge in [-0.15, -0.1) is 22.7 Å². The number of nitro groups is 1. The first-order valence-electron chi connectivity index (χ1n) is 8.00. The van der Waals surface area contributed by atoms with Crippen LogP contribution in [-0.2, 0) is 0 Å². The van der Waals surface area contributed by atoms with Gasteiger partial charge in [-0.25, -0.2) is 4.79 Å². The molecule has 11 radical (unpaired) electrons. The van der Waals surface area contributed by atoms with Gasteiger partial charge in [0, 0.05) is 71.0 Å². The molecule has 0 unspecified atom stereocenters. The Balaban J connectivity index is 0.000000409. The summed E-state index contributed by atoms with van der Waals surface area (Å²) in [6, 6.07) is 2.94. The molecule has 0 saturated carbocycles. The number of carbonyl (C=O) groups excluding carboxylic acids is 1. The summed E-state index contributed by atoms with van der Waals surface area (Å²) >= 11 is 2.35. The van der Waals surface area contributed by atoms with Gasteiger partial charge in [-0.1, -0.05) is 0 Å². The van der Waals surface area contributed by atoms with E-state index >= 15 is 0 Å². The highest BCUT2D eigenvalue weighted by Crippen LogP contribution is 2.21. The summed E-state index contributed by atoms with van der Waals surface area (Å²) in [6.07, 6.45) is -1.46. The van der Waals surface area contributed by atoms with Crippen LogP contribution in [0.1, 0.15) is 31.8 Å². The molecule has 0 aliphatic heterocycles. The molecule has 0 bridgehead atoms. The second-order valence-electron chi connectivity index (χ2n) is 5.70. The van der Waals surface area contributed by atoms with E-state index in [1.165, 1.54) is 36.8 Å². The third kappa shape index (κ3) is 10.7. The van der Waals surface area contributed by atoms with Gasteiger partial charge in [0.1, 0.15) is 4.88 Å². The number of carboxylic acid groups (broad SMARTS) is 1. The zero-order valence-corrected chi connectivity index (χ0v) is 17.5. The average molecular weight is 411 g/mol. The summed E-state index contributed by atoms with van der Waals surface area (Å²) in [5.74, 6) is -0.976. The molecule has 6 nitrogen and oxygen atoms in total. The van der Waals surface area contributed by atoms with E-state index in [-0.39, 0.29) is 17.9 Å². The van der Waals surface area contributed by atoms with Crippen molar-refractivity contribution in [2.45, 2.75) is 13.8 Å². The van der Waals surface area contributed by atoms with Crippen molar-refractivity contribution in [3.8, 4) is 0 Å². The molecule has 0 saturated heterocycles. The topological polar surface area (TPSA) is 97.5 Å². The van der Waals surface area contributed by atoms with Crippen molar-refractivity contribution in [1.82, 2.24) is 0 Å². The van der Waals surface area contributed by atoms with E-state index in [2.05, 4.69) is 0 Å². The van der Waals surface area contributed by atoms with Crippen LogP contribution in [0.4, 0.5) is 5.69 Å². The number of aromatic carboxylic acids is 1. The van der Waals surface area contributed by atoms with Gasteiger partial charge < -0.3 is 5.11 Å². The Labute approximate surface area is 186 Å². The molecule has 0 fully saturated rings. The van der Waals surface area contributed by atoms with E-state index < -0.39 is 23.7 Å². The van der Waals surface area contributed by atoms with Crippen molar-refractivity contribution in [2.75, 3.05) is 0 Å². The number of nitrogens with zero attached hydrogens (tertiary/aromatic N) is 1. The van der Waals surface area contributed by atoms with Crippen LogP contribution < -0.4 is 0 Å². The van der Waals surface area contributed by atoms with Crippen molar-refractivity contribution in [1.29, 1.82) is 0 Å². The number of carboxylic acids is 1. The Hall–Kier alpha value is -1.48. The van der Waals surface area contributed by atoms with Crippen molar-refractivity contribution >= 4 is 105 Å². The Morgan fingerprint density at radius 1 is 1.10 bits per heavy atom. The van der Waals surface area contributed by atoms with Crippen LogP contribution in [0.3, 0.4) is 0 Å². The van der Waals surface area contributed by atoms with Gasteiger partial charge >= 0.3 is 5.97 Å². The van der Waals surface area contributed by atoms with E-state index in [0.717, 1.165) is 16.9 Å². The first-order valence-corrected chi connectivity index (χ1v) is 9.76. The number of rotatable bonds is 6. The molecule has 2 rings (SSSR count). The van der Waals surface area contributed by atoms with Crippen LogP contribution >= 0.6 is 22.7 Å². The van der Waals surface area contributed by atoms with Crippen LogP contribution in [0, 0.1) is 17.0 Å². The lowest BCUT2D eigenvalue weighted by atomic mass is 8.64. The lowest BCUT2D eigenvalue weighted by Crippen LogP contribution is -2.55. The number of hydrogen-bond donors (Lipinski definition) is 1. The Morgan fingerprint density at radius 2 is 1.62 bits per heavy atom. The first-order chi connectivity index (χ1) is 13.4. The maximum atomic E-state index is 10.7. The summed E-state index contributed by atoms with van der Waals surface area (Å²) < 4.78 is 0. The highest BCUT2D eigenvalue weighted by atomic mass is 32.1. The normalized spacial score (nSPS) is 9.03. The minimum Gasteiger partial charge on any atom is -0.477 e. The number of ketones is 1. The molecule has 0 aliphatic rings. The molecule has 0 aromatic carbocycles. The molecule has 0 amide bonds. The summed E-state index contributed by atoms with van der Waals surface area (Å²) in [7, 11) is 27.5. The average Bonchev–Trinajstić information content (AvgIpc) is 3.25. The molecule has 2 aromatic rings. The third-order valence-corrected chi connectivity index (χ3v) is 5.25. The van der Waals surface area contributed by atoms with Crippen LogP contribution in [0.2, 0.25) is 0 Å². The Kier molecular flexibility index (Phi) is 13.0.